The first-order chi connectivity index (χ1) is 8.66. The first kappa shape index (κ1) is 12.6. The van der Waals surface area contributed by atoms with Gasteiger partial charge in [0.25, 0.3) is 0 Å². The number of benzene rings is 1. The maximum Gasteiger partial charge on any atom is 0.307 e. The molecule has 0 atom stereocenters. The van der Waals surface area contributed by atoms with Gasteiger partial charge in [0.05, 0.1) is 12.0 Å². The molecule has 1 aromatic carbocycles. The zero-order chi connectivity index (χ0) is 13.0. The third-order valence-electron chi connectivity index (χ3n) is 2.31. The van der Waals surface area contributed by atoms with Crippen LogP contribution in [0.1, 0.15) is 23.0 Å². The fourth-order valence-electron chi connectivity index (χ4n) is 1.38. The van der Waals surface area contributed by atoms with E-state index in [2.05, 4.69) is 26.5 Å². The van der Waals surface area contributed by atoms with Crippen LogP contribution in [0.5, 0.6) is 0 Å². The fraction of sp³-hybridized carbons (Fsp3) is 0.0769. The van der Waals surface area contributed by atoms with Gasteiger partial charge in [-0.25, -0.2) is 5.43 Å². The van der Waals surface area contributed by atoms with E-state index in [1.54, 1.807) is 12.1 Å². The Labute approximate surface area is 113 Å². The van der Waals surface area contributed by atoms with E-state index in [9.17, 15) is 4.79 Å². The van der Waals surface area contributed by atoms with E-state index in [1.165, 1.54) is 6.26 Å². The second-order valence-electron chi connectivity index (χ2n) is 3.63. The van der Waals surface area contributed by atoms with Crippen LogP contribution in [0, 0.1) is 0 Å². The molecular formula is C13H11BrN2O2. The van der Waals surface area contributed by atoms with E-state index in [0.29, 0.717) is 0 Å². The minimum absolute atomic E-state index is 0.237. The van der Waals surface area contributed by atoms with Crippen LogP contribution in [0.3, 0.4) is 0 Å². The minimum Gasteiger partial charge on any atom is -0.459 e. The van der Waals surface area contributed by atoms with Crippen molar-refractivity contribution in [3.63, 3.8) is 0 Å². The van der Waals surface area contributed by atoms with Crippen molar-refractivity contribution in [1.29, 1.82) is 0 Å². The summed E-state index contributed by atoms with van der Waals surface area (Å²) in [6, 6.07) is 10.9. The van der Waals surface area contributed by atoms with Gasteiger partial charge < -0.3 is 4.42 Å². The van der Waals surface area contributed by atoms with E-state index in [0.717, 1.165) is 15.7 Å². The minimum atomic E-state index is -0.366. The van der Waals surface area contributed by atoms with Crippen molar-refractivity contribution in [2.24, 2.45) is 5.10 Å². The Kier molecular flexibility index (Phi) is 3.94. The van der Waals surface area contributed by atoms with Crippen LogP contribution >= 0.6 is 15.9 Å². The van der Waals surface area contributed by atoms with Crippen LogP contribution in [-0.2, 0) is 0 Å². The maximum absolute atomic E-state index is 11.6. The Hall–Kier alpha value is -1.88. The molecule has 0 spiro atoms. The molecule has 18 heavy (non-hydrogen) atoms. The lowest BCUT2D eigenvalue weighted by Crippen LogP contribution is -2.18. The van der Waals surface area contributed by atoms with E-state index >= 15 is 0 Å². The third-order valence-corrected chi connectivity index (χ3v) is 2.81. The lowest BCUT2D eigenvalue weighted by atomic mass is 10.1. The third kappa shape index (κ3) is 3.07. The zero-order valence-electron chi connectivity index (χ0n) is 9.68. The van der Waals surface area contributed by atoms with Crippen molar-refractivity contribution < 1.29 is 9.21 Å². The molecule has 4 nitrogen and oxygen atoms in total. The lowest BCUT2D eigenvalue weighted by Gasteiger charge is -2.02. The number of halogens is 1. The van der Waals surface area contributed by atoms with Crippen LogP contribution in [0.4, 0.5) is 0 Å². The monoisotopic (exact) mass is 306 g/mol. The summed E-state index contributed by atoms with van der Waals surface area (Å²) in [6.07, 6.45) is 1.44. The molecule has 0 saturated carbocycles. The highest BCUT2D eigenvalue weighted by molar-refractivity contribution is 9.10. The van der Waals surface area contributed by atoms with Crippen LogP contribution in [-0.4, -0.2) is 11.6 Å². The van der Waals surface area contributed by atoms with Crippen molar-refractivity contribution in [2.75, 3.05) is 0 Å². The zero-order valence-corrected chi connectivity index (χ0v) is 11.3. The summed E-state index contributed by atoms with van der Waals surface area (Å²) in [7, 11) is 0. The molecule has 1 amide bonds. The number of hydrazone groups is 1. The van der Waals surface area contributed by atoms with E-state index in [4.69, 9.17) is 4.42 Å². The van der Waals surface area contributed by atoms with Gasteiger partial charge in [0.15, 0.2) is 5.76 Å². The van der Waals surface area contributed by atoms with Gasteiger partial charge in [-0.2, -0.15) is 5.10 Å². The smallest absolute Gasteiger partial charge is 0.307 e. The SMILES string of the molecule is C/C(=N\NC(=O)c1ccco1)c1cccc(Br)c1. The van der Waals surface area contributed by atoms with Gasteiger partial charge in [-0.3, -0.25) is 4.79 Å². The standard InChI is InChI=1S/C13H11BrN2O2/c1-9(10-4-2-5-11(14)8-10)15-16-13(17)12-6-3-7-18-12/h2-8H,1H3,(H,16,17)/b15-9+. The van der Waals surface area contributed by atoms with Crippen LogP contribution in [0.15, 0.2) is 56.7 Å². The topological polar surface area (TPSA) is 54.6 Å². The van der Waals surface area contributed by atoms with Crippen molar-refractivity contribution in [3.8, 4) is 0 Å². The molecule has 2 aromatic rings. The Morgan fingerprint density at radius 1 is 1.33 bits per heavy atom. The summed E-state index contributed by atoms with van der Waals surface area (Å²) < 4.78 is 5.93. The summed E-state index contributed by atoms with van der Waals surface area (Å²) in [4.78, 5) is 11.6. The van der Waals surface area contributed by atoms with Crippen molar-refractivity contribution in [2.45, 2.75) is 6.92 Å². The molecule has 1 aromatic heterocycles. The summed E-state index contributed by atoms with van der Waals surface area (Å²) in [5.41, 5.74) is 4.10. The highest BCUT2D eigenvalue weighted by atomic mass is 79.9. The van der Waals surface area contributed by atoms with Crippen LogP contribution in [0.25, 0.3) is 0 Å². The van der Waals surface area contributed by atoms with Gasteiger partial charge in [-0.15, -0.1) is 0 Å². The van der Waals surface area contributed by atoms with E-state index in [1.807, 2.05) is 31.2 Å². The quantitative estimate of drug-likeness (QED) is 0.699. The highest BCUT2D eigenvalue weighted by Gasteiger charge is 2.07. The second kappa shape index (κ2) is 5.64. The summed E-state index contributed by atoms with van der Waals surface area (Å²) in [6.45, 7) is 1.82. The largest absolute Gasteiger partial charge is 0.459 e. The molecule has 0 fully saturated rings. The highest BCUT2D eigenvalue weighted by Crippen LogP contribution is 2.12. The molecule has 0 saturated heterocycles. The Morgan fingerprint density at radius 3 is 2.83 bits per heavy atom. The number of carbonyl (C=O) groups excluding carboxylic acids is 1. The van der Waals surface area contributed by atoms with Crippen molar-refractivity contribution in [3.05, 3.63) is 58.5 Å². The van der Waals surface area contributed by atoms with Crippen LogP contribution in [0.2, 0.25) is 0 Å². The second-order valence-corrected chi connectivity index (χ2v) is 4.54. The number of amides is 1. The van der Waals surface area contributed by atoms with Crippen LogP contribution < -0.4 is 5.43 Å². The molecule has 0 aliphatic heterocycles. The molecule has 1 heterocycles. The Morgan fingerprint density at radius 2 is 2.17 bits per heavy atom. The van der Waals surface area contributed by atoms with Gasteiger partial charge in [0.1, 0.15) is 0 Å². The number of rotatable bonds is 3. The molecule has 0 aliphatic carbocycles. The molecule has 0 unspecified atom stereocenters. The van der Waals surface area contributed by atoms with Crippen molar-refractivity contribution in [1.82, 2.24) is 5.43 Å². The molecule has 0 radical (unpaired) electrons. The molecule has 2 rings (SSSR count). The number of carbonyl (C=O) groups is 1. The van der Waals surface area contributed by atoms with Gasteiger partial charge in [-0.1, -0.05) is 28.1 Å². The molecule has 92 valence electrons. The first-order valence-electron chi connectivity index (χ1n) is 5.31. The van der Waals surface area contributed by atoms with Gasteiger partial charge >= 0.3 is 5.91 Å². The van der Waals surface area contributed by atoms with E-state index in [-0.39, 0.29) is 11.7 Å². The number of hydrogen-bond donors (Lipinski definition) is 1. The average molecular weight is 307 g/mol. The number of nitrogens with zero attached hydrogens (tertiary/aromatic N) is 1. The fourth-order valence-corrected chi connectivity index (χ4v) is 1.77. The van der Waals surface area contributed by atoms with Gasteiger partial charge in [0, 0.05) is 4.47 Å². The Bertz CT molecular complexity index is 576. The summed E-state index contributed by atoms with van der Waals surface area (Å²) in [5, 5.41) is 4.03. The molecular weight excluding hydrogens is 296 g/mol. The number of nitrogens with one attached hydrogen (secondary N) is 1. The predicted molar refractivity (Wildman–Crippen MR) is 72.5 cm³/mol. The van der Waals surface area contributed by atoms with Gasteiger partial charge in [0.2, 0.25) is 0 Å². The molecule has 0 bridgehead atoms. The first-order valence-corrected chi connectivity index (χ1v) is 6.10. The molecule has 0 aliphatic rings. The summed E-state index contributed by atoms with van der Waals surface area (Å²) >= 11 is 3.38. The normalized spacial score (nSPS) is 11.3. The summed E-state index contributed by atoms with van der Waals surface area (Å²) in [5.74, 6) is -0.130. The number of furan rings is 1. The molecule has 5 heteroatoms. The lowest BCUT2D eigenvalue weighted by molar-refractivity contribution is 0.0927. The van der Waals surface area contributed by atoms with Gasteiger partial charge in [-0.05, 0) is 36.8 Å². The number of hydrogen-bond acceptors (Lipinski definition) is 3. The van der Waals surface area contributed by atoms with Crippen molar-refractivity contribution >= 4 is 27.5 Å². The molecule has 1 N–H and O–H groups in total. The van der Waals surface area contributed by atoms with E-state index < -0.39 is 0 Å². The maximum atomic E-state index is 11.6. The Balaban J connectivity index is 2.08. The average Bonchev–Trinajstić information content (AvgIpc) is 2.89. The predicted octanol–water partition coefficient (Wildman–Crippen LogP) is 3.20.